The van der Waals surface area contributed by atoms with Crippen molar-refractivity contribution in [2.24, 2.45) is 10.7 Å². The molecular formula is C22H25F3N6O2. The predicted molar refractivity (Wildman–Crippen MR) is 118 cm³/mol. The Labute approximate surface area is 189 Å². The first-order chi connectivity index (χ1) is 15.6. The first-order valence-corrected chi connectivity index (χ1v) is 10.1. The van der Waals surface area contributed by atoms with Crippen LogP contribution in [0.5, 0.6) is 0 Å². The molecule has 1 aliphatic heterocycles. The minimum Gasteiger partial charge on any atom is -0.384 e. The molecule has 1 aliphatic rings. The van der Waals surface area contributed by atoms with Gasteiger partial charge in [0.25, 0.3) is 5.91 Å². The molecule has 0 radical (unpaired) electrons. The van der Waals surface area contributed by atoms with Crippen molar-refractivity contribution in [2.45, 2.75) is 26.4 Å². The smallest absolute Gasteiger partial charge is 0.256 e. The second kappa shape index (κ2) is 10.7. The fourth-order valence-corrected chi connectivity index (χ4v) is 3.11. The van der Waals surface area contributed by atoms with Gasteiger partial charge in [-0.05, 0) is 36.8 Å². The van der Waals surface area contributed by atoms with Crippen molar-refractivity contribution in [1.29, 1.82) is 5.26 Å². The van der Waals surface area contributed by atoms with Crippen molar-refractivity contribution in [3.63, 3.8) is 0 Å². The van der Waals surface area contributed by atoms with E-state index in [9.17, 15) is 23.1 Å². The van der Waals surface area contributed by atoms with Gasteiger partial charge in [-0.2, -0.15) is 5.26 Å². The molecule has 2 aromatic rings. The molecule has 0 unspecified atom stereocenters. The largest absolute Gasteiger partial charge is 0.384 e. The first-order valence-electron chi connectivity index (χ1n) is 10.1. The van der Waals surface area contributed by atoms with Crippen LogP contribution in [0.2, 0.25) is 0 Å². The molecule has 176 valence electrons. The maximum atomic E-state index is 14.5. The fourth-order valence-electron chi connectivity index (χ4n) is 3.11. The number of carbonyl (C=O) groups excluding carboxylic acids is 1. The van der Waals surface area contributed by atoms with Gasteiger partial charge in [0.2, 0.25) is 5.96 Å². The van der Waals surface area contributed by atoms with Crippen LogP contribution >= 0.6 is 0 Å². The summed E-state index contributed by atoms with van der Waals surface area (Å²) >= 11 is 0. The molecule has 0 saturated carbocycles. The van der Waals surface area contributed by atoms with Crippen LogP contribution in [0.15, 0.2) is 35.3 Å². The Balaban J connectivity index is 0.00000187. The third kappa shape index (κ3) is 5.93. The average Bonchev–Trinajstić information content (AvgIpc) is 2.76. The Morgan fingerprint density at radius 3 is 2.52 bits per heavy atom. The highest BCUT2D eigenvalue weighted by Crippen LogP contribution is 2.31. The van der Waals surface area contributed by atoms with E-state index in [0.717, 1.165) is 12.1 Å². The van der Waals surface area contributed by atoms with Gasteiger partial charge in [0.1, 0.15) is 11.4 Å². The quantitative estimate of drug-likeness (QED) is 0.234. The van der Waals surface area contributed by atoms with Gasteiger partial charge < -0.3 is 21.1 Å². The van der Waals surface area contributed by atoms with Crippen molar-refractivity contribution in [1.82, 2.24) is 10.2 Å². The molecule has 5 N–H and O–H groups in total. The monoisotopic (exact) mass is 462 g/mol. The Morgan fingerprint density at radius 1 is 1.24 bits per heavy atom. The van der Waals surface area contributed by atoms with E-state index in [1.54, 1.807) is 19.2 Å². The molecule has 11 heteroatoms. The molecule has 1 amide bonds. The van der Waals surface area contributed by atoms with Gasteiger partial charge >= 0.3 is 0 Å². The van der Waals surface area contributed by atoms with Crippen LogP contribution in [-0.4, -0.2) is 47.1 Å². The van der Waals surface area contributed by atoms with Crippen LogP contribution in [0.25, 0.3) is 0 Å². The van der Waals surface area contributed by atoms with Crippen LogP contribution in [0.4, 0.5) is 24.5 Å². The molecule has 3 rings (SSSR count). The number of nitrogens with one attached hydrogen (secondary N) is 2. The molecule has 2 aromatic carbocycles. The van der Waals surface area contributed by atoms with Crippen LogP contribution in [0.1, 0.15) is 29.8 Å². The molecule has 1 heterocycles. The summed E-state index contributed by atoms with van der Waals surface area (Å²) in [4.78, 5) is 17.8. The number of halogens is 3. The summed E-state index contributed by atoms with van der Waals surface area (Å²) in [6.07, 6.45) is 1.58. The van der Waals surface area contributed by atoms with E-state index < -0.39 is 34.6 Å². The number of likely N-dealkylation sites (tertiary alicyclic amines) is 1. The number of aliphatic hydroxyl groups is 1. The number of aliphatic imine (C=N–C) groups is 1. The summed E-state index contributed by atoms with van der Waals surface area (Å²) in [5, 5.41) is 23.4. The fraction of sp³-hybridized carbons (Fsp3) is 0.318. The number of nitrogens with zero attached hydrogens (tertiary/aromatic N) is 3. The van der Waals surface area contributed by atoms with Gasteiger partial charge in [-0.15, -0.1) is 0 Å². The van der Waals surface area contributed by atoms with E-state index in [2.05, 4.69) is 15.6 Å². The predicted octanol–water partition coefficient (Wildman–Crippen LogP) is 2.75. The number of guanidine groups is 1. The molecule has 0 aromatic heterocycles. The van der Waals surface area contributed by atoms with E-state index in [0.29, 0.717) is 5.56 Å². The normalized spacial score (nSPS) is 14.4. The maximum absolute atomic E-state index is 14.5. The van der Waals surface area contributed by atoms with Gasteiger partial charge in [-0.1, -0.05) is 19.9 Å². The number of hydrogen-bond donors (Lipinski definition) is 4. The van der Waals surface area contributed by atoms with Crippen molar-refractivity contribution >= 4 is 23.2 Å². The van der Waals surface area contributed by atoms with Crippen molar-refractivity contribution < 1.29 is 23.1 Å². The maximum Gasteiger partial charge on any atom is 0.256 e. The highest BCUT2D eigenvalue weighted by molar-refractivity contribution is 6.01. The molecule has 8 nitrogen and oxygen atoms in total. The number of anilines is 2. The number of nitrogens with two attached hydrogens (primary N) is 1. The van der Waals surface area contributed by atoms with E-state index >= 15 is 0 Å². The lowest BCUT2D eigenvalue weighted by molar-refractivity contribution is -0.0731. The minimum atomic E-state index is -1.38. The summed E-state index contributed by atoms with van der Waals surface area (Å²) in [6.45, 7) is 5.21. The number of aryl methyl sites for hydroxylation is 1. The van der Waals surface area contributed by atoms with E-state index in [1.807, 2.05) is 13.8 Å². The van der Waals surface area contributed by atoms with E-state index in [-0.39, 0.29) is 36.8 Å². The molecule has 1 saturated heterocycles. The zero-order valence-corrected chi connectivity index (χ0v) is 18.4. The first kappa shape index (κ1) is 25.5. The summed E-state index contributed by atoms with van der Waals surface area (Å²) in [5.41, 5.74) is 3.80. The van der Waals surface area contributed by atoms with E-state index in [4.69, 9.17) is 11.0 Å². The van der Waals surface area contributed by atoms with Gasteiger partial charge in [0, 0.05) is 0 Å². The average molecular weight is 462 g/mol. The highest BCUT2D eigenvalue weighted by Gasteiger charge is 2.44. The number of carbonyl (C=O) groups is 1. The van der Waals surface area contributed by atoms with E-state index in [1.165, 1.54) is 17.0 Å². The summed E-state index contributed by atoms with van der Waals surface area (Å²) < 4.78 is 42.5. The lowest BCUT2D eigenvalue weighted by atomic mass is 9.93. The Morgan fingerprint density at radius 2 is 1.91 bits per heavy atom. The third-order valence-electron chi connectivity index (χ3n) is 4.69. The number of nitriles is 1. The Hall–Kier alpha value is -3.78. The SMILES string of the molecule is CC.Cc1ccc(Nc2c(C(=O)N3CC(O)(CN=C(N)NC#N)C3)ccc(F)c2F)c(F)c1. The number of benzene rings is 2. The number of rotatable bonds is 5. The number of β-amino-alcohol motifs (C(OH)–C–C–N with tert-alkyl or cyclic N) is 1. The van der Waals surface area contributed by atoms with Crippen LogP contribution in [-0.2, 0) is 0 Å². The molecule has 1 fully saturated rings. The lowest BCUT2D eigenvalue weighted by Crippen LogP contribution is -2.65. The number of hydrogen-bond acceptors (Lipinski definition) is 5. The second-order valence-corrected chi connectivity index (χ2v) is 7.22. The zero-order chi connectivity index (χ0) is 24.8. The second-order valence-electron chi connectivity index (χ2n) is 7.22. The van der Waals surface area contributed by atoms with Gasteiger partial charge in [-0.25, -0.2) is 18.2 Å². The minimum absolute atomic E-state index is 0.126. The lowest BCUT2D eigenvalue weighted by Gasteiger charge is -2.45. The summed E-state index contributed by atoms with van der Waals surface area (Å²) in [7, 11) is 0. The summed E-state index contributed by atoms with van der Waals surface area (Å²) in [6, 6.07) is 6.02. The van der Waals surface area contributed by atoms with Gasteiger partial charge in [0.05, 0.1) is 36.6 Å². The third-order valence-corrected chi connectivity index (χ3v) is 4.69. The summed E-state index contributed by atoms with van der Waals surface area (Å²) in [5.74, 6) is -4.11. The molecule has 0 bridgehead atoms. The van der Waals surface area contributed by atoms with Gasteiger partial charge in [0.15, 0.2) is 17.8 Å². The van der Waals surface area contributed by atoms with Crippen molar-refractivity contribution in [3.05, 3.63) is 58.9 Å². The molecule has 33 heavy (non-hydrogen) atoms. The van der Waals surface area contributed by atoms with Crippen LogP contribution in [0, 0.1) is 35.8 Å². The highest BCUT2D eigenvalue weighted by atomic mass is 19.2. The van der Waals surface area contributed by atoms with Crippen LogP contribution in [0.3, 0.4) is 0 Å². The van der Waals surface area contributed by atoms with Gasteiger partial charge in [-0.3, -0.25) is 10.1 Å². The standard InChI is InChI=1S/C20H19F3N6O2.C2H6/c1-11-2-5-15(14(22)6-11)28-17-12(3-4-13(21)16(17)23)18(30)29-8-20(31,9-29)7-26-19(25)27-10-24;1-2/h2-6,28,31H,7-9H2,1H3,(H3,25,26,27);1-2H3. The zero-order valence-electron chi connectivity index (χ0n) is 18.4. The molecule has 0 spiro atoms. The molecule has 0 atom stereocenters. The topological polar surface area (TPSA) is 127 Å². The Bertz CT molecular complexity index is 1090. The van der Waals surface area contributed by atoms with Crippen LogP contribution < -0.4 is 16.4 Å². The Kier molecular flexibility index (Phi) is 8.26. The number of amides is 1. The van der Waals surface area contributed by atoms with Crippen molar-refractivity contribution in [2.75, 3.05) is 25.0 Å². The molecule has 0 aliphatic carbocycles. The molecular weight excluding hydrogens is 437 g/mol. The van der Waals surface area contributed by atoms with Crippen molar-refractivity contribution in [3.8, 4) is 6.19 Å².